The van der Waals surface area contributed by atoms with E-state index in [1.54, 1.807) is 0 Å². The Morgan fingerprint density at radius 2 is 2.09 bits per heavy atom. The van der Waals surface area contributed by atoms with Gasteiger partial charge in [0.1, 0.15) is 7.85 Å². The van der Waals surface area contributed by atoms with Gasteiger partial charge in [0, 0.05) is 6.61 Å². The average Bonchev–Trinajstić information content (AvgIpc) is 1.87. The van der Waals surface area contributed by atoms with E-state index >= 15 is 0 Å². The van der Waals surface area contributed by atoms with E-state index < -0.39 is 0 Å². The fourth-order valence-corrected chi connectivity index (χ4v) is 0.599. The number of hydrogen-bond donors (Lipinski definition) is 1. The molecule has 0 amide bonds. The minimum Gasteiger partial charge on any atom is -0.379 e. The lowest BCUT2D eigenvalue weighted by Crippen LogP contribution is -2.34. The fourth-order valence-electron chi connectivity index (χ4n) is 0.599. The van der Waals surface area contributed by atoms with Crippen molar-refractivity contribution in [1.29, 1.82) is 0 Å². The van der Waals surface area contributed by atoms with Crippen LogP contribution in [0, 0.1) is 0 Å². The molecule has 0 aliphatic rings. The third-order valence-electron chi connectivity index (χ3n) is 1.47. The highest BCUT2D eigenvalue weighted by atomic mass is 16.6. The molecule has 0 heterocycles. The largest absolute Gasteiger partial charge is 0.379 e. The summed E-state index contributed by atoms with van der Waals surface area (Å²) in [5, 5.41) is 0. The molecule has 4 heteroatoms. The topological polar surface area (TPSA) is 44.5 Å². The standard InChI is InChI=1S/C7H18BNO2/c1-6(2)10-5-4-7(3,8)11-9/h6H,4-5,8-9H2,1-3H3. The van der Waals surface area contributed by atoms with Crippen molar-refractivity contribution in [3.8, 4) is 0 Å². The molecular weight excluding hydrogens is 141 g/mol. The molecule has 0 saturated carbocycles. The summed E-state index contributed by atoms with van der Waals surface area (Å²) in [5.74, 6) is 5.07. The Hall–Kier alpha value is -0.0551. The maximum absolute atomic E-state index is 5.34. The molecule has 3 nitrogen and oxygen atoms in total. The van der Waals surface area contributed by atoms with Crippen LogP contribution in [0.2, 0.25) is 0 Å². The lowest BCUT2D eigenvalue weighted by molar-refractivity contribution is -0.00912. The monoisotopic (exact) mass is 159 g/mol. The molecule has 66 valence electrons. The van der Waals surface area contributed by atoms with Gasteiger partial charge in [0.25, 0.3) is 0 Å². The second-order valence-corrected chi connectivity index (χ2v) is 3.55. The summed E-state index contributed by atoms with van der Waals surface area (Å²) < 4.78 is 5.34. The van der Waals surface area contributed by atoms with Gasteiger partial charge in [0.2, 0.25) is 0 Å². The van der Waals surface area contributed by atoms with Crippen LogP contribution >= 0.6 is 0 Å². The fraction of sp³-hybridized carbons (Fsp3) is 1.00. The van der Waals surface area contributed by atoms with Crippen molar-refractivity contribution in [2.75, 3.05) is 6.61 Å². The van der Waals surface area contributed by atoms with E-state index in [4.69, 9.17) is 15.5 Å². The first kappa shape index (κ1) is 10.9. The van der Waals surface area contributed by atoms with Crippen molar-refractivity contribution >= 4 is 7.85 Å². The quantitative estimate of drug-likeness (QED) is 0.455. The Morgan fingerprint density at radius 3 is 2.45 bits per heavy atom. The molecular formula is C7H18BNO2. The summed E-state index contributed by atoms with van der Waals surface area (Å²) in [7, 11) is 1.94. The molecule has 0 aliphatic heterocycles. The van der Waals surface area contributed by atoms with Gasteiger partial charge in [-0.15, -0.1) is 0 Å². The number of nitrogens with two attached hydrogens (primary N) is 1. The normalized spacial score (nSPS) is 16.8. The Morgan fingerprint density at radius 1 is 1.55 bits per heavy atom. The zero-order valence-corrected chi connectivity index (χ0v) is 7.89. The van der Waals surface area contributed by atoms with Crippen molar-refractivity contribution < 1.29 is 9.57 Å². The van der Waals surface area contributed by atoms with Gasteiger partial charge in [0.15, 0.2) is 0 Å². The smallest absolute Gasteiger partial charge is 0.145 e. The van der Waals surface area contributed by atoms with Crippen LogP contribution in [0.5, 0.6) is 0 Å². The molecule has 0 aromatic carbocycles. The molecule has 0 aromatic heterocycles. The van der Waals surface area contributed by atoms with Gasteiger partial charge < -0.3 is 9.57 Å². The van der Waals surface area contributed by atoms with E-state index in [0.717, 1.165) is 6.42 Å². The minimum atomic E-state index is -0.269. The van der Waals surface area contributed by atoms with E-state index in [1.807, 2.05) is 28.6 Å². The van der Waals surface area contributed by atoms with Gasteiger partial charge >= 0.3 is 0 Å². The molecule has 0 aliphatic carbocycles. The Bertz CT molecular complexity index is 107. The number of hydrogen-bond acceptors (Lipinski definition) is 3. The van der Waals surface area contributed by atoms with Crippen LogP contribution in [-0.4, -0.2) is 26.1 Å². The summed E-state index contributed by atoms with van der Waals surface area (Å²) in [6.07, 6.45) is 1.10. The molecule has 0 saturated heterocycles. The predicted molar refractivity (Wildman–Crippen MR) is 47.9 cm³/mol. The maximum atomic E-state index is 5.34. The van der Waals surface area contributed by atoms with Crippen molar-refractivity contribution in [3.63, 3.8) is 0 Å². The van der Waals surface area contributed by atoms with E-state index in [-0.39, 0.29) is 11.6 Å². The number of ether oxygens (including phenoxy) is 1. The molecule has 0 bridgehead atoms. The molecule has 0 rings (SSSR count). The highest BCUT2D eigenvalue weighted by molar-refractivity contribution is 6.14. The van der Waals surface area contributed by atoms with Crippen LogP contribution in [0.4, 0.5) is 0 Å². The van der Waals surface area contributed by atoms with Gasteiger partial charge in [-0.05, 0) is 27.2 Å². The summed E-state index contributed by atoms with van der Waals surface area (Å²) in [4.78, 5) is 4.74. The van der Waals surface area contributed by atoms with Crippen LogP contribution in [-0.2, 0) is 9.57 Å². The molecule has 2 N–H and O–H groups in total. The molecule has 1 atom stereocenters. The third-order valence-corrected chi connectivity index (χ3v) is 1.47. The third kappa shape index (κ3) is 6.35. The summed E-state index contributed by atoms with van der Waals surface area (Å²) in [6.45, 7) is 6.66. The predicted octanol–water partition coefficient (Wildman–Crippen LogP) is 0.0411. The van der Waals surface area contributed by atoms with Gasteiger partial charge in [-0.3, -0.25) is 0 Å². The molecule has 1 unspecified atom stereocenters. The second kappa shape index (κ2) is 4.75. The summed E-state index contributed by atoms with van der Waals surface area (Å²) >= 11 is 0. The Kier molecular flexibility index (Phi) is 4.72. The van der Waals surface area contributed by atoms with Crippen LogP contribution in [0.15, 0.2) is 0 Å². The van der Waals surface area contributed by atoms with E-state index in [0.29, 0.717) is 6.61 Å². The van der Waals surface area contributed by atoms with Crippen molar-refractivity contribution in [3.05, 3.63) is 0 Å². The first-order valence-electron chi connectivity index (χ1n) is 3.97. The van der Waals surface area contributed by atoms with Crippen LogP contribution in [0.3, 0.4) is 0 Å². The molecule has 11 heavy (non-hydrogen) atoms. The van der Waals surface area contributed by atoms with Crippen LogP contribution < -0.4 is 5.90 Å². The van der Waals surface area contributed by atoms with Gasteiger partial charge in [-0.1, -0.05) is 0 Å². The van der Waals surface area contributed by atoms with Crippen LogP contribution in [0.25, 0.3) is 0 Å². The van der Waals surface area contributed by atoms with Gasteiger partial charge in [-0.2, -0.15) is 0 Å². The first-order chi connectivity index (χ1) is 4.98. The van der Waals surface area contributed by atoms with Crippen LogP contribution in [0.1, 0.15) is 27.2 Å². The number of rotatable bonds is 5. The average molecular weight is 159 g/mol. The Labute approximate surface area is 69.6 Å². The van der Waals surface area contributed by atoms with Crippen molar-refractivity contribution in [1.82, 2.24) is 0 Å². The minimum absolute atomic E-state index is 0.269. The SMILES string of the molecule is BC(C)(CCOC(C)C)ON. The summed E-state index contributed by atoms with van der Waals surface area (Å²) in [5.41, 5.74) is -0.269. The lowest BCUT2D eigenvalue weighted by Gasteiger charge is -2.22. The van der Waals surface area contributed by atoms with E-state index in [1.165, 1.54) is 0 Å². The van der Waals surface area contributed by atoms with Gasteiger partial charge in [0.05, 0.1) is 11.6 Å². The molecule has 0 spiro atoms. The summed E-state index contributed by atoms with van der Waals surface area (Å²) in [6, 6.07) is 0. The Balaban J connectivity index is 3.38. The molecule has 0 aromatic rings. The highest BCUT2D eigenvalue weighted by Gasteiger charge is 2.16. The molecule has 0 fully saturated rings. The van der Waals surface area contributed by atoms with Crippen molar-refractivity contribution in [2.24, 2.45) is 5.90 Å². The van der Waals surface area contributed by atoms with E-state index in [9.17, 15) is 0 Å². The zero-order chi connectivity index (χ0) is 8.91. The zero-order valence-electron chi connectivity index (χ0n) is 7.89. The van der Waals surface area contributed by atoms with E-state index in [2.05, 4.69) is 0 Å². The lowest BCUT2D eigenvalue weighted by atomic mass is 9.81. The first-order valence-corrected chi connectivity index (χ1v) is 3.97. The van der Waals surface area contributed by atoms with Gasteiger partial charge in [-0.25, -0.2) is 5.90 Å². The molecule has 0 radical (unpaired) electrons. The second-order valence-electron chi connectivity index (χ2n) is 3.55. The maximum Gasteiger partial charge on any atom is 0.145 e. The van der Waals surface area contributed by atoms with Crippen molar-refractivity contribution in [2.45, 2.75) is 38.8 Å². The highest BCUT2D eigenvalue weighted by Crippen LogP contribution is 2.07.